The predicted octanol–water partition coefficient (Wildman–Crippen LogP) is 1.96. The Morgan fingerprint density at radius 1 is 1.18 bits per heavy atom. The highest BCUT2D eigenvalue weighted by molar-refractivity contribution is 5.97. The van der Waals surface area contributed by atoms with Crippen LogP contribution in [0.25, 0.3) is 11.0 Å². The maximum absolute atomic E-state index is 12.0. The second-order valence-electron chi connectivity index (χ2n) is 6.33. The van der Waals surface area contributed by atoms with Crippen LogP contribution in [0.1, 0.15) is 10.4 Å². The molecule has 3 rings (SSSR count). The Bertz CT molecular complexity index is 998. The first-order chi connectivity index (χ1) is 13.5. The van der Waals surface area contributed by atoms with Crippen molar-refractivity contribution in [2.75, 3.05) is 33.1 Å². The summed E-state index contributed by atoms with van der Waals surface area (Å²) in [5.41, 5.74) is 2.63. The van der Waals surface area contributed by atoms with Gasteiger partial charge in [-0.15, -0.1) is 5.10 Å². The van der Waals surface area contributed by atoms with Crippen molar-refractivity contribution in [3.8, 4) is 5.75 Å². The van der Waals surface area contributed by atoms with E-state index in [1.54, 1.807) is 62.3 Å². The zero-order valence-electron chi connectivity index (χ0n) is 16.0. The third kappa shape index (κ3) is 4.37. The molecule has 0 aliphatic heterocycles. The number of rotatable bonds is 6. The Hall–Kier alpha value is -3.62. The van der Waals surface area contributed by atoms with Gasteiger partial charge in [0, 0.05) is 38.0 Å². The minimum atomic E-state index is -0.323. The minimum Gasteiger partial charge on any atom is -0.497 e. The lowest BCUT2D eigenvalue weighted by Gasteiger charge is -2.10. The van der Waals surface area contributed by atoms with E-state index in [1.165, 1.54) is 4.90 Å². The number of anilines is 1. The van der Waals surface area contributed by atoms with E-state index in [9.17, 15) is 9.59 Å². The van der Waals surface area contributed by atoms with Crippen molar-refractivity contribution in [1.82, 2.24) is 25.2 Å². The molecule has 3 aromatic rings. The van der Waals surface area contributed by atoms with Crippen LogP contribution in [0.3, 0.4) is 0 Å². The van der Waals surface area contributed by atoms with Crippen molar-refractivity contribution < 1.29 is 14.3 Å². The second-order valence-corrected chi connectivity index (χ2v) is 6.33. The van der Waals surface area contributed by atoms with Gasteiger partial charge in [0.1, 0.15) is 11.3 Å². The third-order valence-corrected chi connectivity index (χ3v) is 4.10. The summed E-state index contributed by atoms with van der Waals surface area (Å²) < 4.78 is 6.82. The van der Waals surface area contributed by atoms with Gasteiger partial charge in [-0.1, -0.05) is 11.3 Å². The highest BCUT2D eigenvalue weighted by Crippen LogP contribution is 2.16. The number of carbonyl (C=O) groups is 2. The molecule has 0 spiro atoms. The van der Waals surface area contributed by atoms with Crippen molar-refractivity contribution in [3.05, 3.63) is 48.0 Å². The summed E-state index contributed by atoms with van der Waals surface area (Å²) in [5.74, 6) is 0.575. The molecule has 146 valence electrons. The molecule has 1 heterocycles. The van der Waals surface area contributed by atoms with Gasteiger partial charge in [-0.25, -0.2) is 9.48 Å². The fraction of sp³-hybridized carbons (Fsp3) is 0.263. The molecule has 0 saturated heterocycles. The lowest BCUT2D eigenvalue weighted by atomic mass is 10.2. The van der Waals surface area contributed by atoms with Crippen LogP contribution < -0.4 is 15.4 Å². The van der Waals surface area contributed by atoms with Gasteiger partial charge >= 0.3 is 6.03 Å². The van der Waals surface area contributed by atoms with E-state index in [2.05, 4.69) is 20.9 Å². The summed E-state index contributed by atoms with van der Waals surface area (Å²) in [6.45, 7) is 0.815. The number of hydrogen-bond acceptors (Lipinski definition) is 5. The Labute approximate surface area is 162 Å². The third-order valence-electron chi connectivity index (χ3n) is 4.10. The van der Waals surface area contributed by atoms with Crippen LogP contribution in [0.5, 0.6) is 5.75 Å². The Balaban J connectivity index is 1.58. The molecular weight excluding hydrogens is 360 g/mol. The number of aromatic nitrogens is 3. The van der Waals surface area contributed by atoms with Gasteiger partial charge in [-0.3, -0.25) is 4.79 Å². The number of methoxy groups -OCH3 is 1. The Morgan fingerprint density at radius 3 is 2.75 bits per heavy atom. The maximum atomic E-state index is 12.0. The van der Waals surface area contributed by atoms with Gasteiger partial charge in [0.2, 0.25) is 0 Å². The van der Waals surface area contributed by atoms with E-state index in [0.29, 0.717) is 35.6 Å². The molecule has 0 saturated carbocycles. The van der Waals surface area contributed by atoms with E-state index < -0.39 is 0 Å². The molecule has 0 atom stereocenters. The summed E-state index contributed by atoms with van der Waals surface area (Å²) >= 11 is 0. The van der Waals surface area contributed by atoms with Crippen LogP contribution in [0.15, 0.2) is 42.5 Å². The number of amides is 3. The molecular formula is C19H22N6O3. The first kappa shape index (κ1) is 19.2. The number of ether oxygens (including phenoxy) is 1. The smallest absolute Gasteiger partial charge is 0.319 e. The maximum Gasteiger partial charge on any atom is 0.319 e. The molecule has 0 unspecified atom stereocenters. The summed E-state index contributed by atoms with van der Waals surface area (Å²) in [4.78, 5) is 25.6. The van der Waals surface area contributed by atoms with Crippen molar-refractivity contribution in [3.63, 3.8) is 0 Å². The molecule has 0 aliphatic rings. The number of nitrogens with one attached hydrogen (secondary N) is 2. The highest BCUT2D eigenvalue weighted by Gasteiger charge is 2.12. The van der Waals surface area contributed by atoms with Gasteiger partial charge in [0.25, 0.3) is 5.91 Å². The molecule has 3 amide bonds. The number of urea groups is 1. The molecule has 2 N–H and O–H groups in total. The molecule has 1 aromatic heterocycles. The summed E-state index contributed by atoms with van der Waals surface area (Å²) in [5, 5.41) is 13.7. The normalized spacial score (nSPS) is 10.5. The second kappa shape index (κ2) is 8.38. The van der Waals surface area contributed by atoms with Crippen LogP contribution in [0.2, 0.25) is 0 Å². The molecule has 0 aliphatic carbocycles. The largest absolute Gasteiger partial charge is 0.497 e. The lowest BCUT2D eigenvalue weighted by Crippen LogP contribution is -2.31. The van der Waals surface area contributed by atoms with Crippen molar-refractivity contribution in [1.29, 1.82) is 0 Å². The molecule has 9 heteroatoms. The fourth-order valence-corrected chi connectivity index (χ4v) is 2.68. The summed E-state index contributed by atoms with van der Waals surface area (Å²) in [6, 6.07) is 12.1. The number of fused-ring (bicyclic) bond motifs is 1. The Kier molecular flexibility index (Phi) is 5.73. The quantitative estimate of drug-likeness (QED) is 0.679. The zero-order valence-corrected chi connectivity index (χ0v) is 16.0. The lowest BCUT2D eigenvalue weighted by molar-refractivity contribution is 0.0827. The van der Waals surface area contributed by atoms with E-state index >= 15 is 0 Å². The first-order valence-corrected chi connectivity index (χ1v) is 8.72. The molecule has 28 heavy (non-hydrogen) atoms. The Morgan fingerprint density at radius 2 is 2.00 bits per heavy atom. The van der Waals surface area contributed by atoms with Crippen molar-refractivity contribution in [2.24, 2.45) is 0 Å². The number of carbonyl (C=O) groups excluding carboxylic acids is 2. The van der Waals surface area contributed by atoms with E-state index in [1.807, 2.05) is 6.07 Å². The minimum absolute atomic E-state index is 0.0904. The molecule has 0 bridgehead atoms. The summed E-state index contributed by atoms with van der Waals surface area (Å²) in [6.07, 6.45) is 0. The van der Waals surface area contributed by atoms with Gasteiger partial charge < -0.3 is 20.3 Å². The van der Waals surface area contributed by atoms with Crippen LogP contribution in [0, 0.1) is 0 Å². The average Bonchev–Trinajstić information content (AvgIpc) is 3.09. The molecule has 2 aromatic carbocycles. The highest BCUT2D eigenvalue weighted by atomic mass is 16.5. The van der Waals surface area contributed by atoms with Crippen molar-refractivity contribution in [2.45, 2.75) is 6.54 Å². The van der Waals surface area contributed by atoms with E-state index in [4.69, 9.17) is 4.74 Å². The SMILES string of the molecule is COc1cccc(NC(=O)NCCn2nnc3cc(C(=O)N(C)C)ccc32)c1. The molecule has 0 radical (unpaired) electrons. The van der Waals surface area contributed by atoms with Crippen LogP contribution in [-0.2, 0) is 6.54 Å². The fourth-order valence-electron chi connectivity index (χ4n) is 2.68. The molecule has 0 fully saturated rings. The van der Waals surface area contributed by atoms with E-state index in [0.717, 1.165) is 5.52 Å². The zero-order chi connectivity index (χ0) is 20.1. The first-order valence-electron chi connectivity index (χ1n) is 8.72. The number of benzene rings is 2. The van der Waals surface area contributed by atoms with Crippen molar-refractivity contribution >= 4 is 28.7 Å². The predicted molar refractivity (Wildman–Crippen MR) is 106 cm³/mol. The van der Waals surface area contributed by atoms with Crippen LogP contribution in [0.4, 0.5) is 10.5 Å². The number of hydrogen-bond donors (Lipinski definition) is 2. The van der Waals surface area contributed by atoms with Crippen LogP contribution in [-0.4, -0.2) is 59.6 Å². The molecule has 9 nitrogen and oxygen atoms in total. The number of nitrogens with zero attached hydrogens (tertiary/aromatic N) is 4. The average molecular weight is 382 g/mol. The van der Waals surface area contributed by atoms with Gasteiger partial charge in [0.15, 0.2) is 0 Å². The van der Waals surface area contributed by atoms with Gasteiger partial charge in [-0.2, -0.15) is 0 Å². The topological polar surface area (TPSA) is 101 Å². The monoisotopic (exact) mass is 382 g/mol. The van der Waals surface area contributed by atoms with Gasteiger partial charge in [0.05, 0.1) is 19.2 Å². The van der Waals surface area contributed by atoms with E-state index in [-0.39, 0.29) is 11.9 Å². The summed E-state index contributed by atoms with van der Waals surface area (Å²) in [7, 11) is 4.97. The van der Waals surface area contributed by atoms with Gasteiger partial charge in [-0.05, 0) is 30.3 Å². The van der Waals surface area contributed by atoms with Crippen LogP contribution >= 0.6 is 0 Å². The standard InChI is InChI=1S/C19H22N6O3/c1-24(2)18(26)13-7-8-17-16(11-13)22-23-25(17)10-9-20-19(27)21-14-5-4-6-15(12-14)28-3/h4-8,11-12H,9-10H2,1-3H3,(H2,20,21,27).